The maximum Gasteiger partial charge on any atom is 0.307 e. The van der Waals surface area contributed by atoms with Crippen LogP contribution in [0.15, 0.2) is 36.4 Å². The number of rotatable bonds is 9. The molecule has 0 spiro atoms. The summed E-state index contributed by atoms with van der Waals surface area (Å²) in [6, 6.07) is 11.5. The molecular weight excluding hydrogens is 368 g/mol. The van der Waals surface area contributed by atoms with Crippen LogP contribution in [0.25, 0.3) is 11.1 Å². The summed E-state index contributed by atoms with van der Waals surface area (Å²) in [5, 5.41) is 9.15. The molecule has 0 radical (unpaired) electrons. The lowest BCUT2D eigenvalue weighted by Crippen LogP contribution is -2.34. The number of nitrogens with zero attached hydrogens (tertiary/aromatic N) is 2. The molecule has 0 saturated heterocycles. The number of hydrogen-bond donors (Lipinski definition) is 1. The van der Waals surface area contributed by atoms with Crippen molar-refractivity contribution in [1.82, 2.24) is 9.80 Å². The van der Waals surface area contributed by atoms with Gasteiger partial charge in [-0.2, -0.15) is 0 Å². The van der Waals surface area contributed by atoms with E-state index in [0.717, 1.165) is 28.8 Å². The van der Waals surface area contributed by atoms with E-state index < -0.39 is 5.97 Å². The van der Waals surface area contributed by atoms with Gasteiger partial charge in [0.05, 0.1) is 13.5 Å². The molecule has 1 N–H and O–H groups in total. The first-order chi connectivity index (χ1) is 13.7. The van der Waals surface area contributed by atoms with E-state index in [1.807, 2.05) is 49.0 Å². The lowest BCUT2D eigenvalue weighted by Gasteiger charge is -2.25. The average molecular weight is 399 g/mol. The number of carbonyl (C=O) groups excluding carboxylic acids is 1. The van der Waals surface area contributed by atoms with Gasteiger partial charge in [-0.15, -0.1) is 0 Å². The molecule has 0 fully saturated rings. The quantitative estimate of drug-likeness (QED) is 0.702. The second-order valence-corrected chi connectivity index (χ2v) is 7.51. The van der Waals surface area contributed by atoms with E-state index >= 15 is 0 Å². The number of methoxy groups -OCH3 is 1. The molecule has 6 heteroatoms. The molecule has 0 atom stereocenters. The fourth-order valence-corrected chi connectivity index (χ4v) is 3.24. The van der Waals surface area contributed by atoms with Crippen molar-refractivity contribution in [3.8, 4) is 16.9 Å². The monoisotopic (exact) mass is 398 g/mol. The Kier molecular flexibility index (Phi) is 7.79. The van der Waals surface area contributed by atoms with Gasteiger partial charge in [-0.1, -0.05) is 29.8 Å². The van der Waals surface area contributed by atoms with Crippen molar-refractivity contribution in [3.63, 3.8) is 0 Å². The van der Waals surface area contributed by atoms with Crippen LogP contribution in [0.1, 0.15) is 23.6 Å². The van der Waals surface area contributed by atoms with E-state index in [2.05, 4.69) is 6.07 Å². The molecule has 0 aliphatic rings. The molecule has 1 amide bonds. The Hall–Kier alpha value is -2.86. The van der Waals surface area contributed by atoms with Crippen LogP contribution in [0.4, 0.5) is 0 Å². The van der Waals surface area contributed by atoms with Crippen LogP contribution >= 0.6 is 0 Å². The second-order valence-electron chi connectivity index (χ2n) is 7.51. The summed E-state index contributed by atoms with van der Waals surface area (Å²) in [6.45, 7) is 5.49. The SMILES string of the molecule is COc1ccc(CC(=O)O)cc1-c1ccc(C)cc1CN(CCN(C)C)C(C)=O. The summed E-state index contributed by atoms with van der Waals surface area (Å²) in [5.74, 6) is -0.186. The highest BCUT2D eigenvalue weighted by Crippen LogP contribution is 2.34. The van der Waals surface area contributed by atoms with Gasteiger partial charge in [-0.25, -0.2) is 0 Å². The normalized spacial score (nSPS) is 10.8. The van der Waals surface area contributed by atoms with E-state index in [1.165, 1.54) is 0 Å². The molecular formula is C23H30N2O4. The van der Waals surface area contributed by atoms with Crippen molar-refractivity contribution >= 4 is 11.9 Å². The van der Waals surface area contributed by atoms with Crippen LogP contribution < -0.4 is 4.74 Å². The van der Waals surface area contributed by atoms with Gasteiger partial charge in [0, 0.05) is 32.1 Å². The van der Waals surface area contributed by atoms with Crippen molar-refractivity contribution in [2.45, 2.75) is 26.8 Å². The van der Waals surface area contributed by atoms with Crippen LogP contribution in [0.5, 0.6) is 5.75 Å². The maximum absolute atomic E-state index is 12.2. The van der Waals surface area contributed by atoms with Gasteiger partial charge in [0.1, 0.15) is 5.75 Å². The zero-order valence-electron chi connectivity index (χ0n) is 17.9. The Morgan fingerprint density at radius 3 is 2.34 bits per heavy atom. The van der Waals surface area contributed by atoms with Gasteiger partial charge in [0.2, 0.25) is 5.91 Å². The van der Waals surface area contributed by atoms with Crippen molar-refractivity contribution in [2.24, 2.45) is 0 Å². The highest BCUT2D eigenvalue weighted by Gasteiger charge is 2.17. The molecule has 6 nitrogen and oxygen atoms in total. The lowest BCUT2D eigenvalue weighted by atomic mass is 9.94. The number of aliphatic carboxylic acids is 1. The van der Waals surface area contributed by atoms with Crippen LogP contribution in [-0.4, -0.2) is 61.1 Å². The van der Waals surface area contributed by atoms with Gasteiger partial charge in [-0.3, -0.25) is 9.59 Å². The summed E-state index contributed by atoms with van der Waals surface area (Å²) in [7, 11) is 5.56. The smallest absolute Gasteiger partial charge is 0.307 e. The zero-order valence-corrected chi connectivity index (χ0v) is 17.9. The fourth-order valence-electron chi connectivity index (χ4n) is 3.24. The Balaban J connectivity index is 2.49. The van der Waals surface area contributed by atoms with Gasteiger partial charge in [0.15, 0.2) is 0 Å². The van der Waals surface area contributed by atoms with Gasteiger partial charge >= 0.3 is 5.97 Å². The van der Waals surface area contributed by atoms with Crippen LogP contribution in [0.2, 0.25) is 0 Å². The first-order valence-corrected chi connectivity index (χ1v) is 9.60. The zero-order chi connectivity index (χ0) is 21.6. The minimum Gasteiger partial charge on any atom is -0.496 e. The maximum atomic E-state index is 12.2. The van der Waals surface area contributed by atoms with E-state index in [0.29, 0.717) is 24.4 Å². The predicted octanol–water partition coefficient (Wildman–Crippen LogP) is 3.21. The number of hydrogen-bond acceptors (Lipinski definition) is 4. The summed E-state index contributed by atoms with van der Waals surface area (Å²) >= 11 is 0. The molecule has 0 heterocycles. The Morgan fingerprint density at radius 2 is 1.76 bits per heavy atom. The standard InChI is InChI=1S/C23H30N2O4/c1-16-6-8-20(19(12-16)15-25(17(2)26)11-10-24(3)4)21-13-18(14-23(27)28)7-9-22(21)29-5/h6-9,12-13H,10-11,14-15H2,1-5H3,(H,27,28). The van der Waals surface area contributed by atoms with Crippen molar-refractivity contribution < 1.29 is 19.4 Å². The minimum atomic E-state index is -0.878. The van der Waals surface area contributed by atoms with E-state index in [9.17, 15) is 9.59 Å². The topological polar surface area (TPSA) is 70.1 Å². The molecule has 0 saturated carbocycles. The molecule has 0 bridgehead atoms. The van der Waals surface area contributed by atoms with Crippen LogP contribution in [-0.2, 0) is 22.6 Å². The number of aryl methyl sites for hydroxylation is 1. The second kappa shape index (κ2) is 10.1. The summed E-state index contributed by atoms with van der Waals surface area (Å²) in [4.78, 5) is 27.2. The number of carboxylic acid groups (broad SMARTS) is 1. The number of amides is 1. The molecule has 0 aromatic heterocycles. The molecule has 0 aliphatic heterocycles. The molecule has 2 rings (SSSR count). The van der Waals surface area contributed by atoms with Gasteiger partial charge in [-0.05, 0) is 49.8 Å². The van der Waals surface area contributed by atoms with Crippen molar-refractivity contribution in [1.29, 1.82) is 0 Å². The summed E-state index contributed by atoms with van der Waals surface area (Å²) in [6.07, 6.45) is -0.0550. The van der Waals surface area contributed by atoms with E-state index in [4.69, 9.17) is 9.84 Å². The van der Waals surface area contributed by atoms with Crippen LogP contribution in [0.3, 0.4) is 0 Å². The Labute approximate surface area is 172 Å². The summed E-state index contributed by atoms with van der Waals surface area (Å²) in [5.41, 5.74) is 4.58. The predicted molar refractivity (Wildman–Crippen MR) is 114 cm³/mol. The highest BCUT2D eigenvalue weighted by atomic mass is 16.5. The molecule has 0 unspecified atom stereocenters. The average Bonchev–Trinajstić information content (AvgIpc) is 2.64. The fraction of sp³-hybridized carbons (Fsp3) is 0.391. The molecule has 2 aromatic rings. The van der Waals surface area contributed by atoms with E-state index in [-0.39, 0.29) is 12.3 Å². The third kappa shape index (κ3) is 6.32. The van der Waals surface area contributed by atoms with Crippen LogP contribution in [0, 0.1) is 6.92 Å². The van der Waals surface area contributed by atoms with Gasteiger partial charge in [0.25, 0.3) is 0 Å². The Morgan fingerprint density at radius 1 is 1.03 bits per heavy atom. The highest BCUT2D eigenvalue weighted by molar-refractivity contribution is 5.78. The minimum absolute atomic E-state index is 0.0194. The third-order valence-electron chi connectivity index (χ3n) is 4.79. The number of likely N-dealkylation sites (N-methyl/N-ethyl adjacent to an activating group) is 1. The molecule has 2 aromatic carbocycles. The number of benzene rings is 2. The lowest BCUT2D eigenvalue weighted by molar-refractivity contribution is -0.136. The Bertz CT molecular complexity index is 877. The third-order valence-corrected chi connectivity index (χ3v) is 4.79. The first kappa shape index (κ1) is 22.4. The molecule has 0 aliphatic carbocycles. The van der Waals surface area contributed by atoms with E-state index in [1.54, 1.807) is 26.2 Å². The number of ether oxygens (including phenoxy) is 1. The number of carboxylic acids is 1. The summed E-state index contributed by atoms with van der Waals surface area (Å²) < 4.78 is 5.54. The number of carbonyl (C=O) groups is 2. The molecule has 156 valence electrons. The van der Waals surface area contributed by atoms with Crippen molar-refractivity contribution in [2.75, 3.05) is 34.3 Å². The molecule has 29 heavy (non-hydrogen) atoms. The van der Waals surface area contributed by atoms with Crippen molar-refractivity contribution in [3.05, 3.63) is 53.1 Å². The first-order valence-electron chi connectivity index (χ1n) is 9.60. The van der Waals surface area contributed by atoms with Gasteiger partial charge < -0.3 is 19.6 Å². The largest absolute Gasteiger partial charge is 0.496 e.